The summed E-state index contributed by atoms with van der Waals surface area (Å²) in [7, 11) is 1.58. The molecule has 1 amide bonds. The summed E-state index contributed by atoms with van der Waals surface area (Å²) in [5.41, 5.74) is 0.884. The van der Waals surface area contributed by atoms with Crippen LogP contribution in [-0.2, 0) is 4.79 Å². The van der Waals surface area contributed by atoms with Gasteiger partial charge in [0.05, 0.1) is 19.3 Å². The highest BCUT2D eigenvalue weighted by Crippen LogP contribution is 2.33. The minimum absolute atomic E-state index is 0.0357. The highest BCUT2D eigenvalue weighted by atomic mass is 19.1. The molecule has 1 aliphatic heterocycles. The second kappa shape index (κ2) is 7.53. The van der Waals surface area contributed by atoms with Gasteiger partial charge in [0.2, 0.25) is 0 Å². The number of aliphatic hydroxyl groups excluding tert-OH is 1. The van der Waals surface area contributed by atoms with Gasteiger partial charge < -0.3 is 19.5 Å². The lowest BCUT2D eigenvalue weighted by atomic mass is 10.0. The molecular weight excluding hydrogens is 325 g/mol. The van der Waals surface area contributed by atoms with Crippen molar-refractivity contribution in [3.05, 3.63) is 59.9 Å². The second-order valence-electron chi connectivity index (χ2n) is 5.95. The third kappa shape index (κ3) is 3.91. The molecule has 1 aliphatic rings. The number of amides is 1. The topological polar surface area (TPSA) is 59.0 Å². The van der Waals surface area contributed by atoms with Crippen molar-refractivity contribution in [3.8, 4) is 11.5 Å². The standard InChI is InChI=1S/C19H20FNO4/c1-24-15-6-4-5-13(9-15)17-10-14(22)11-21(17)19(23)12-25-18-8-3-2-7-16(18)20/h2-9,14,17,22H,10-12H2,1H3. The van der Waals surface area contributed by atoms with E-state index in [2.05, 4.69) is 0 Å². The van der Waals surface area contributed by atoms with Gasteiger partial charge in [-0.05, 0) is 36.2 Å². The molecule has 1 saturated heterocycles. The van der Waals surface area contributed by atoms with Crippen LogP contribution in [0.3, 0.4) is 0 Å². The van der Waals surface area contributed by atoms with Gasteiger partial charge in [-0.15, -0.1) is 0 Å². The van der Waals surface area contributed by atoms with Crippen LogP contribution in [0.2, 0.25) is 0 Å². The number of ether oxygens (including phenoxy) is 2. The molecule has 3 rings (SSSR count). The molecule has 0 spiro atoms. The highest BCUT2D eigenvalue weighted by Gasteiger charge is 2.35. The summed E-state index contributed by atoms with van der Waals surface area (Å²) < 4.78 is 24.1. The van der Waals surface area contributed by atoms with Crippen molar-refractivity contribution in [1.29, 1.82) is 0 Å². The van der Waals surface area contributed by atoms with Crippen molar-refractivity contribution >= 4 is 5.91 Å². The summed E-state index contributed by atoms with van der Waals surface area (Å²) in [4.78, 5) is 14.1. The van der Waals surface area contributed by atoms with Crippen molar-refractivity contribution < 1.29 is 23.8 Å². The summed E-state index contributed by atoms with van der Waals surface area (Å²) in [6.07, 6.45) is -0.160. The van der Waals surface area contributed by atoms with E-state index in [9.17, 15) is 14.3 Å². The summed E-state index contributed by atoms with van der Waals surface area (Å²) in [6, 6.07) is 13.1. The van der Waals surface area contributed by atoms with E-state index in [0.29, 0.717) is 12.2 Å². The fourth-order valence-corrected chi connectivity index (χ4v) is 3.04. The van der Waals surface area contributed by atoms with E-state index in [-0.39, 0.29) is 30.9 Å². The first-order valence-electron chi connectivity index (χ1n) is 8.07. The van der Waals surface area contributed by atoms with Crippen LogP contribution in [0.5, 0.6) is 11.5 Å². The number of nitrogens with zero attached hydrogens (tertiary/aromatic N) is 1. The van der Waals surface area contributed by atoms with Gasteiger partial charge in [-0.25, -0.2) is 4.39 Å². The number of para-hydroxylation sites is 1. The van der Waals surface area contributed by atoms with E-state index in [4.69, 9.17) is 9.47 Å². The molecule has 132 valence electrons. The van der Waals surface area contributed by atoms with E-state index in [1.165, 1.54) is 12.1 Å². The number of halogens is 1. The van der Waals surface area contributed by atoms with Crippen molar-refractivity contribution in [1.82, 2.24) is 4.90 Å². The van der Waals surface area contributed by atoms with E-state index >= 15 is 0 Å². The van der Waals surface area contributed by atoms with E-state index in [1.807, 2.05) is 24.3 Å². The van der Waals surface area contributed by atoms with E-state index in [0.717, 1.165) is 5.56 Å². The lowest BCUT2D eigenvalue weighted by Gasteiger charge is -2.25. The molecule has 0 saturated carbocycles. The molecule has 5 nitrogen and oxygen atoms in total. The van der Waals surface area contributed by atoms with Gasteiger partial charge >= 0.3 is 0 Å². The molecule has 6 heteroatoms. The average Bonchev–Trinajstić information content (AvgIpc) is 3.03. The Balaban J connectivity index is 1.72. The normalized spacial score (nSPS) is 19.7. The number of benzene rings is 2. The van der Waals surface area contributed by atoms with Gasteiger partial charge in [-0.1, -0.05) is 24.3 Å². The first kappa shape index (κ1) is 17.2. The number of hydrogen-bond acceptors (Lipinski definition) is 4. The molecule has 2 unspecified atom stereocenters. The Kier molecular flexibility index (Phi) is 5.19. The zero-order valence-electron chi connectivity index (χ0n) is 13.9. The molecule has 25 heavy (non-hydrogen) atoms. The maximum Gasteiger partial charge on any atom is 0.261 e. The van der Waals surface area contributed by atoms with E-state index < -0.39 is 11.9 Å². The fourth-order valence-electron chi connectivity index (χ4n) is 3.04. The SMILES string of the molecule is COc1cccc(C2CC(O)CN2C(=O)COc2ccccc2F)c1. The quantitative estimate of drug-likeness (QED) is 0.905. The molecule has 0 aromatic heterocycles. The Labute approximate surface area is 145 Å². The number of methoxy groups -OCH3 is 1. The molecule has 2 atom stereocenters. The Bertz CT molecular complexity index is 752. The van der Waals surface area contributed by atoms with Crippen LogP contribution in [0.1, 0.15) is 18.0 Å². The lowest BCUT2D eigenvalue weighted by molar-refractivity contribution is -0.134. The van der Waals surface area contributed by atoms with Crippen molar-refractivity contribution in [2.24, 2.45) is 0 Å². The predicted molar refractivity (Wildman–Crippen MR) is 90.0 cm³/mol. The molecule has 2 aromatic carbocycles. The van der Waals surface area contributed by atoms with Crippen LogP contribution in [0.25, 0.3) is 0 Å². The highest BCUT2D eigenvalue weighted by molar-refractivity contribution is 5.78. The van der Waals surface area contributed by atoms with Crippen LogP contribution in [-0.4, -0.2) is 42.3 Å². The number of carbonyl (C=O) groups is 1. The number of β-amino-alcohol motifs (C(OH)–C–C–N with tert-alkyl or cyclic N) is 1. The van der Waals surface area contributed by atoms with Crippen LogP contribution < -0.4 is 9.47 Å². The minimum Gasteiger partial charge on any atom is -0.497 e. The van der Waals surface area contributed by atoms with Gasteiger partial charge in [0.1, 0.15) is 5.75 Å². The monoisotopic (exact) mass is 345 g/mol. The number of hydrogen-bond donors (Lipinski definition) is 1. The lowest BCUT2D eigenvalue weighted by Crippen LogP contribution is -2.35. The largest absolute Gasteiger partial charge is 0.497 e. The number of aliphatic hydroxyl groups is 1. The molecule has 0 aliphatic carbocycles. The predicted octanol–water partition coefficient (Wildman–Crippen LogP) is 2.55. The Morgan fingerprint density at radius 3 is 2.84 bits per heavy atom. The third-order valence-corrected chi connectivity index (χ3v) is 4.27. The average molecular weight is 345 g/mol. The second-order valence-corrected chi connectivity index (χ2v) is 5.95. The van der Waals surface area contributed by atoms with Crippen molar-refractivity contribution in [2.45, 2.75) is 18.6 Å². The zero-order valence-corrected chi connectivity index (χ0v) is 13.9. The van der Waals surface area contributed by atoms with Crippen molar-refractivity contribution in [3.63, 3.8) is 0 Å². The third-order valence-electron chi connectivity index (χ3n) is 4.27. The zero-order chi connectivity index (χ0) is 17.8. The molecule has 2 aromatic rings. The number of likely N-dealkylation sites (tertiary alicyclic amines) is 1. The first-order valence-corrected chi connectivity index (χ1v) is 8.07. The Morgan fingerprint density at radius 1 is 1.28 bits per heavy atom. The smallest absolute Gasteiger partial charge is 0.261 e. The summed E-state index contributed by atoms with van der Waals surface area (Å²) in [5.74, 6) is -0.0869. The number of carbonyl (C=O) groups excluding carboxylic acids is 1. The molecule has 1 N–H and O–H groups in total. The molecule has 0 bridgehead atoms. The van der Waals surface area contributed by atoms with Crippen LogP contribution in [0, 0.1) is 5.82 Å². The van der Waals surface area contributed by atoms with Gasteiger partial charge in [0.15, 0.2) is 18.2 Å². The summed E-state index contributed by atoms with van der Waals surface area (Å²) in [6.45, 7) is -0.0601. The Hall–Kier alpha value is -2.60. The molecule has 1 heterocycles. The van der Waals surface area contributed by atoms with Gasteiger partial charge in [0.25, 0.3) is 5.91 Å². The minimum atomic E-state index is -0.603. The summed E-state index contributed by atoms with van der Waals surface area (Å²) in [5, 5.41) is 10.0. The van der Waals surface area contributed by atoms with Crippen molar-refractivity contribution in [2.75, 3.05) is 20.3 Å². The molecule has 0 radical (unpaired) electrons. The van der Waals surface area contributed by atoms with Crippen LogP contribution in [0.4, 0.5) is 4.39 Å². The number of rotatable bonds is 5. The van der Waals surface area contributed by atoms with Gasteiger partial charge in [-0.2, -0.15) is 0 Å². The van der Waals surface area contributed by atoms with E-state index in [1.54, 1.807) is 24.1 Å². The van der Waals surface area contributed by atoms with Gasteiger partial charge in [-0.3, -0.25) is 4.79 Å². The fraction of sp³-hybridized carbons (Fsp3) is 0.316. The van der Waals surface area contributed by atoms with Crippen LogP contribution >= 0.6 is 0 Å². The maximum atomic E-state index is 13.6. The molecular formula is C19H20FNO4. The van der Waals surface area contributed by atoms with Crippen LogP contribution in [0.15, 0.2) is 48.5 Å². The Morgan fingerprint density at radius 2 is 2.08 bits per heavy atom. The van der Waals surface area contributed by atoms with Gasteiger partial charge in [0, 0.05) is 6.54 Å². The summed E-state index contributed by atoms with van der Waals surface area (Å²) >= 11 is 0. The first-order chi connectivity index (χ1) is 12.1. The molecule has 1 fully saturated rings. The maximum absolute atomic E-state index is 13.6.